The molecule has 0 unspecified atom stereocenters. The van der Waals surface area contributed by atoms with Gasteiger partial charge in [0.25, 0.3) is 0 Å². The Hall–Kier alpha value is -1.56. The number of hydrogen-bond acceptors (Lipinski definition) is 4. The maximum atomic E-state index is 5.76. The molecule has 17 heavy (non-hydrogen) atoms. The van der Waals surface area contributed by atoms with Gasteiger partial charge in [-0.25, -0.2) is 9.97 Å². The van der Waals surface area contributed by atoms with Gasteiger partial charge in [0.05, 0.1) is 22.7 Å². The third-order valence-electron chi connectivity index (χ3n) is 2.54. The van der Waals surface area contributed by atoms with Gasteiger partial charge < -0.3 is 16.0 Å². The lowest BCUT2D eigenvalue weighted by Gasteiger charge is -2.10. The van der Waals surface area contributed by atoms with Crippen LogP contribution in [0.15, 0.2) is 23.2 Å². The molecule has 0 bridgehead atoms. The molecule has 0 aliphatic heterocycles. The first-order valence-electron chi connectivity index (χ1n) is 5.30. The van der Waals surface area contributed by atoms with Crippen LogP contribution in [0.5, 0.6) is 0 Å². The minimum absolute atomic E-state index is 0.691. The van der Waals surface area contributed by atoms with Crippen LogP contribution in [0.3, 0.4) is 0 Å². The summed E-state index contributed by atoms with van der Waals surface area (Å²) in [5.41, 5.74) is 8.55. The van der Waals surface area contributed by atoms with Crippen molar-refractivity contribution < 1.29 is 0 Å². The molecule has 0 amide bonds. The fourth-order valence-electron chi connectivity index (χ4n) is 1.45. The first kappa shape index (κ1) is 11.9. The van der Waals surface area contributed by atoms with Crippen LogP contribution in [-0.2, 0) is 6.42 Å². The van der Waals surface area contributed by atoms with Crippen molar-refractivity contribution in [3.63, 3.8) is 0 Å². The number of H-pyrrole nitrogens is 1. The van der Waals surface area contributed by atoms with Crippen molar-refractivity contribution in [2.75, 3.05) is 17.6 Å². The zero-order chi connectivity index (χ0) is 12.3. The van der Waals surface area contributed by atoms with Gasteiger partial charge in [0.2, 0.25) is 0 Å². The molecule has 0 saturated carbocycles. The van der Waals surface area contributed by atoms with Crippen LogP contribution in [0.1, 0.15) is 11.3 Å². The molecule has 0 atom stereocenters. The molecule has 0 aliphatic rings. The summed E-state index contributed by atoms with van der Waals surface area (Å²) in [7, 11) is 0. The summed E-state index contributed by atoms with van der Waals surface area (Å²) in [6.07, 6.45) is 6.03. The lowest BCUT2D eigenvalue weighted by Crippen LogP contribution is -2.08. The average molecular weight is 296 g/mol. The second kappa shape index (κ2) is 5.18. The number of rotatable bonds is 4. The number of nitrogens with two attached hydrogens (primary N) is 1. The predicted molar refractivity (Wildman–Crippen MR) is 71.9 cm³/mol. The first-order chi connectivity index (χ1) is 8.18. The van der Waals surface area contributed by atoms with Gasteiger partial charge in [-0.3, -0.25) is 0 Å². The molecule has 90 valence electrons. The molecule has 0 aromatic carbocycles. The first-order valence-corrected chi connectivity index (χ1v) is 6.09. The summed E-state index contributed by atoms with van der Waals surface area (Å²) >= 11 is 3.48. The fraction of sp³-hybridized carbons (Fsp3) is 0.273. The van der Waals surface area contributed by atoms with Crippen LogP contribution in [0.4, 0.5) is 11.5 Å². The topological polar surface area (TPSA) is 79.6 Å². The summed E-state index contributed by atoms with van der Waals surface area (Å²) in [4.78, 5) is 11.3. The molecule has 0 spiro atoms. The minimum atomic E-state index is 0.691. The third kappa shape index (κ3) is 2.76. The van der Waals surface area contributed by atoms with Crippen molar-refractivity contribution in [2.45, 2.75) is 13.3 Å². The summed E-state index contributed by atoms with van der Waals surface area (Å²) in [5, 5.41) is 3.26. The zero-order valence-electron chi connectivity index (χ0n) is 9.50. The standard InChI is InChI=1S/C11H14BrN5/c1-7-9(13)5-16-11(10(7)12)15-3-2-8-4-14-6-17-8/h4-6H,2-3,13H2,1H3,(H,14,17)(H,15,16). The molecule has 2 aromatic heterocycles. The van der Waals surface area contributed by atoms with E-state index >= 15 is 0 Å². The quantitative estimate of drug-likeness (QED) is 0.807. The van der Waals surface area contributed by atoms with E-state index in [9.17, 15) is 0 Å². The van der Waals surface area contributed by atoms with Gasteiger partial charge in [0, 0.05) is 24.9 Å². The molecule has 2 aromatic rings. The van der Waals surface area contributed by atoms with E-state index in [1.165, 1.54) is 0 Å². The summed E-state index contributed by atoms with van der Waals surface area (Å²) in [6.45, 7) is 2.75. The number of pyridine rings is 1. The van der Waals surface area contributed by atoms with Gasteiger partial charge >= 0.3 is 0 Å². The molecule has 6 heteroatoms. The number of nitrogens with zero attached hydrogens (tertiary/aromatic N) is 2. The van der Waals surface area contributed by atoms with E-state index < -0.39 is 0 Å². The van der Waals surface area contributed by atoms with E-state index in [1.54, 1.807) is 12.5 Å². The van der Waals surface area contributed by atoms with Crippen LogP contribution in [0, 0.1) is 6.92 Å². The van der Waals surface area contributed by atoms with E-state index in [4.69, 9.17) is 5.73 Å². The second-order valence-electron chi connectivity index (χ2n) is 3.75. The van der Waals surface area contributed by atoms with Crippen molar-refractivity contribution in [1.29, 1.82) is 0 Å². The van der Waals surface area contributed by atoms with Gasteiger partial charge in [-0.05, 0) is 28.4 Å². The number of nitrogens with one attached hydrogen (secondary N) is 2. The van der Waals surface area contributed by atoms with Gasteiger partial charge in [-0.1, -0.05) is 0 Å². The molecular weight excluding hydrogens is 282 g/mol. The molecular formula is C11H14BrN5. The van der Waals surface area contributed by atoms with Crippen LogP contribution in [-0.4, -0.2) is 21.5 Å². The van der Waals surface area contributed by atoms with Crippen LogP contribution >= 0.6 is 15.9 Å². The molecule has 0 aliphatic carbocycles. The number of aromatic amines is 1. The predicted octanol–water partition coefficient (Wildman–Crippen LogP) is 2.11. The van der Waals surface area contributed by atoms with Crippen molar-refractivity contribution >= 4 is 27.4 Å². The van der Waals surface area contributed by atoms with Gasteiger partial charge in [-0.2, -0.15) is 0 Å². The van der Waals surface area contributed by atoms with Crippen molar-refractivity contribution in [3.8, 4) is 0 Å². The summed E-state index contributed by atoms with van der Waals surface area (Å²) < 4.78 is 0.919. The van der Waals surface area contributed by atoms with E-state index in [-0.39, 0.29) is 0 Å². The SMILES string of the molecule is Cc1c(N)cnc(NCCc2cnc[nH]2)c1Br. The molecule has 5 nitrogen and oxygen atoms in total. The third-order valence-corrected chi connectivity index (χ3v) is 3.51. The van der Waals surface area contributed by atoms with E-state index in [0.29, 0.717) is 5.69 Å². The molecule has 0 radical (unpaired) electrons. The van der Waals surface area contributed by atoms with Crippen LogP contribution in [0.2, 0.25) is 0 Å². The Kier molecular flexibility index (Phi) is 3.63. The molecule has 4 N–H and O–H groups in total. The number of halogens is 1. The van der Waals surface area contributed by atoms with Crippen molar-refractivity contribution in [2.24, 2.45) is 0 Å². The number of aromatic nitrogens is 3. The number of anilines is 2. The van der Waals surface area contributed by atoms with Crippen LogP contribution < -0.4 is 11.1 Å². The van der Waals surface area contributed by atoms with Crippen LogP contribution in [0.25, 0.3) is 0 Å². The number of nitrogen functional groups attached to an aromatic ring is 1. The Bertz CT molecular complexity index is 495. The highest BCUT2D eigenvalue weighted by molar-refractivity contribution is 9.10. The Labute approximate surface area is 108 Å². The zero-order valence-corrected chi connectivity index (χ0v) is 11.1. The van der Waals surface area contributed by atoms with Crippen molar-refractivity contribution in [1.82, 2.24) is 15.0 Å². The highest BCUT2D eigenvalue weighted by Crippen LogP contribution is 2.27. The minimum Gasteiger partial charge on any atom is -0.397 e. The molecule has 0 saturated heterocycles. The molecule has 2 heterocycles. The van der Waals surface area contributed by atoms with E-state index in [2.05, 4.69) is 36.2 Å². The lowest BCUT2D eigenvalue weighted by atomic mass is 10.2. The lowest BCUT2D eigenvalue weighted by molar-refractivity contribution is 0.965. The normalized spacial score (nSPS) is 10.5. The number of hydrogen-bond donors (Lipinski definition) is 3. The second-order valence-corrected chi connectivity index (χ2v) is 4.55. The highest BCUT2D eigenvalue weighted by atomic mass is 79.9. The maximum absolute atomic E-state index is 5.76. The monoisotopic (exact) mass is 295 g/mol. The maximum Gasteiger partial charge on any atom is 0.140 e. The number of imidazole rings is 1. The molecule has 0 fully saturated rings. The summed E-state index contributed by atoms with van der Waals surface area (Å²) in [5.74, 6) is 0.816. The van der Waals surface area contributed by atoms with E-state index in [0.717, 1.165) is 34.5 Å². The summed E-state index contributed by atoms with van der Waals surface area (Å²) in [6, 6.07) is 0. The van der Waals surface area contributed by atoms with Gasteiger partial charge in [-0.15, -0.1) is 0 Å². The highest BCUT2D eigenvalue weighted by Gasteiger charge is 2.06. The van der Waals surface area contributed by atoms with Gasteiger partial charge in [0.1, 0.15) is 5.82 Å². The van der Waals surface area contributed by atoms with E-state index in [1.807, 2.05) is 13.1 Å². The Morgan fingerprint density at radius 2 is 2.29 bits per heavy atom. The largest absolute Gasteiger partial charge is 0.397 e. The van der Waals surface area contributed by atoms with Gasteiger partial charge in [0.15, 0.2) is 0 Å². The fourth-order valence-corrected chi connectivity index (χ4v) is 1.92. The Balaban J connectivity index is 1.97. The Morgan fingerprint density at radius 3 is 3.00 bits per heavy atom. The molecule has 2 rings (SSSR count). The smallest absolute Gasteiger partial charge is 0.140 e. The van der Waals surface area contributed by atoms with Crippen molar-refractivity contribution in [3.05, 3.63) is 34.5 Å². The Morgan fingerprint density at radius 1 is 1.47 bits per heavy atom. The average Bonchev–Trinajstić information content (AvgIpc) is 2.82.